The molecule has 1 amide bonds. The van der Waals surface area contributed by atoms with E-state index in [9.17, 15) is 4.79 Å². The van der Waals surface area contributed by atoms with Gasteiger partial charge in [0.15, 0.2) is 0 Å². The third-order valence-electron chi connectivity index (χ3n) is 1.95. The molecule has 2 rings (SSSR count). The molecule has 1 saturated heterocycles. The zero-order chi connectivity index (χ0) is 9.97. The molecule has 0 saturated carbocycles. The SMILES string of the molecule is [2H]C1OCCN(c2ccccc2)C1=O. The third kappa shape index (κ3) is 1.70. The van der Waals surface area contributed by atoms with Gasteiger partial charge in [0, 0.05) is 12.2 Å². The summed E-state index contributed by atoms with van der Waals surface area (Å²) in [5.41, 5.74) is 0.832. The highest BCUT2D eigenvalue weighted by atomic mass is 16.5. The van der Waals surface area contributed by atoms with Gasteiger partial charge >= 0.3 is 0 Å². The van der Waals surface area contributed by atoms with Crippen LogP contribution in [0, 0.1) is 0 Å². The van der Waals surface area contributed by atoms with Crippen LogP contribution in [0.5, 0.6) is 0 Å². The molecule has 1 unspecified atom stereocenters. The fourth-order valence-corrected chi connectivity index (χ4v) is 1.31. The van der Waals surface area contributed by atoms with Crippen molar-refractivity contribution in [3.05, 3.63) is 30.3 Å². The highest BCUT2D eigenvalue weighted by Crippen LogP contribution is 2.14. The van der Waals surface area contributed by atoms with E-state index in [0.717, 1.165) is 5.69 Å². The molecular weight excluding hydrogens is 166 g/mol. The summed E-state index contributed by atoms with van der Waals surface area (Å²) in [6, 6.07) is 9.35. The first-order valence-corrected chi connectivity index (χ1v) is 4.19. The molecule has 1 aliphatic heterocycles. The van der Waals surface area contributed by atoms with Crippen LogP contribution in [-0.2, 0) is 9.53 Å². The lowest BCUT2D eigenvalue weighted by molar-refractivity contribution is -0.125. The zero-order valence-electron chi connectivity index (χ0n) is 8.14. The fourth-order valence-electron chi connectivity index (χ4n) is 1.31. The fraction of sp³-hybridized carbons (Fsp3) is 0.300. The molecule has 13 heavy (non-hydrogen) atoms. The van der Waals surface area contributed by atoms with Crippen molar-refractivity contribution in [3.63, 3.8) is 0 Å². The van der Waals surface area contributed by atoms with E-state index in [2.05, 4.69) is 0 Å². The largest absolute Gasteiger partial charge is 0.370 e. The molecule has 3 heteroatoms. The van der Waals surface area contributed by atoms with Crippen molar-refractivity contribution in [1.82, 2.24) is 0 Å². The minimum Gasteiger partial charge on any atom is -0.370 e. The predicted molar refractivity (Wildman–Crippen MR) is 49.6 cm³/mol. The summed E-state index contributed by atoms with van der Waals surface area (Å²) >= 11 is 0. The van der Waals surface area contributed by atoms with Crippen molar-refractivity contribution in [3.8, 4) is 0 Å². The number of anilines is 1. The number of hydrogen-bond acceptors (Lipinski definition) is 2. The van der Waals surface area contributed by atoms with Crippen molar-refractivity contribution in [2.75, 3.05) is 24.6 Å². The van der Waals surface area contributed by atoms with Gasteiger partial charge in [0.2, 0.25) is 0 Å². The summed E-state index contributed by atoms with van der Waals surface area (Å²) in [4.78, 5) is 13.1. The van der Waals surface area contributed by atoms with Gasteiger partial charge in [-0.25, -0.2) is 0 Å². The first-order valence-electron chi connectivity index (χ1n) is 4.77. The minimum absolute atomic E-state index is 0.289. The number of carbonyl (C=O) groups excluding carboxylic acids is 1. The van der Waals surface area contributed by atoms with E-state index in [1.54, 1.807) is 4.90 Å². The van der Waals surface area contributed by atoms with E-state index in [1.807, 2.05) is 30.3 Å². The number of amides is 1. The molecule has 0 bridgehead atoms. The molecule has 0 N–H and O–H groups in total. The van der Waals surface area contributed by atoms with Crippen molar-refractivity contribution >= 4 is 11.6 Å². The Bertz CT molecular complexity index is 328. The number of nitrogens with zero attached hydrogens (tertiary/aromatic N) is 1. The van der Waals surface area contributed by atoms with Gasteiger partial charge in [-0.2, -0.15) is 0 Å². The molecule has 3 nitrogen and oxygen atoms in total. The van der Waals surface area contributed by atoms with Crippen molar-refractivity contribution in [1.29, 1.82) is 0 Å². The first-order chi connectivity index (χ1) is 6.79. The Morgan fingerprint density at radius 1 is 1.38 bits per heavy atom. The maximum absolute atomic E-state index is 11.5. The number of rotatable bonds is 1. The van der Waals surface area contributed by atoms with Gasteiger partial charge in [0.05, 0.1) is 7.98 Å². The quantitative estimate of drug-likeness (QED) is 0.643. The van der Waals surface area contributed by atoms with Crippen molar-refractivity contribution in [2.24, 2.45) is 0 Å². The third-order valence-corrected chi connectivity index (χ3v) is 1.95. The molecule has 0 radical (unpaired) electrons. The Kier molecular flexibility index (Phi) is 1.95. The summed E-state index contributed by atoms with van der Waals surface area (Å²) in [6.45, 7) is -0.114. The van der Waals surface area contributed by atoms with Gasteiger partial charge < -0.3 is 9.64 Å². The molecule has 68 valence electrons. The number of morpholine rings is 1. The standard InChI is InChI=1S/C10H11NO2/c12-10-8-13-7-6-11(10)9-4-2-1-3-5-9/h1-5H,6-8H2/i8D. The molecule has 0 aliphatic carbocycles. The van der Waals surface area contributed by atoms with Crippen molar-refractivity contribution in [2.45, 2.75) is 0 Å². The van der Waals surface area contributed by atoms with Gasteiger partial charge in [-0.3, -0.25) is 4.79 Å². The van der Waals surface area contributed by atoms with Crippen LogP contribution in [0.4, 0.5) is 5.69 Å². The second-order valence-electron chi connectivity index (χ2n) is 2.81. The van der Waals surface area contributed by atoms with E-state index in [0.29, 0.717) is 13.2 Å². The lowest BCUT2D eigenvalue weighted by atomic mass is 10.2. The van der Waals surface area contributed by atoms with Gasteiger partial charge in [-0.05, 0) is 12.1 Å². The Labute approximate surface area is 78.3 Å². The lowest BCUT2D eigenvalue weighted by Crippen LogP contribution is -2.41. The minimum atomic E-state index is -1.07. The number of ether oxygens (including phenoxy) is 1. The maximum Gasteiger partial charge on any atom is 0.253 e. The highest BCUT2D eigenvalue weighted by molar-refractivity contribution is 5.94. The number of para-hydroxylation sites is 1. The van der Waals surface area contributed by atoms with E-state index in [-0.39, 0.29) is 5.91 Å². The summed E-state index contributed by atoms with van der Waals surface area (Å²) in [5.74, 6) is -0.289. The molecule has 1 aromatic rings. The molecule has 0 spiro atoms. The molecule has 0 aromatic heterocycles. The smallest absolute Gasteiger partial charge is 0.253 e. The van der Waals surface area contributed by atoms with E-state index in [4.69, 9.17) is 6.11 Å². The average Bonchev–Trinajstić information content (AvgIpc) is 2.23. The Morgan fingerprint density at radius 3 is 2.92 bits per heavy atom. The lowest BCUT2D eigenvalue weighted by Gasteiger charge is -2.26. The van der Waals surface area contributed by atoms with Crippen LogP contribution in [0.3, 0.4) is 0 Å². The van der Waals surface area contributed by atoms with E-state index in [1.165, 1.54) is 0 Å². The monoisotopic (exact) mass is 178 g/mol. The van der Waals surface area contributed by atoms with Crippen molar-refractivity contribution < 1.29 is 10.9 Å². The van der Waals surface area contributed by atoms with Crippen LogP contribution in [0.2, 0.25) is 0 Å². The molecule has 1 aliphatic rings. The number of hydrogen-bond donors (Lipinski definition) is 0. The van der Waals surface area contributed by atoms with Gasteiger partial charge in [-0.15, -0.1) is 0 Å². The van der Waals surface area contributed by atoms with Gasteiger partial charge in [0.1, 0.15) is 6.58 Å². The van der Waals surface area contributed by atoms with Crippen LogP contribution in [-0.4, -0.2) is 25.6 Å². The number of carbonyl (C=O) groups is 1. The molecular formula is C10H11NO2. The first kappa shape index (κ1) is 7.09. The summed E-state index contributed by atoms with van der Waals surface area (Å²) in [7, 11) is 0. The summed E-state index contributed by atoms with van der Waals surface area (Å²) in [5, 5.41) is 0. The second-order valence-corrected chi connectivity index (χ2v) is 2.81. The molecule has 1 heterocycles. The van der Waals surface area contributed by atoms with Crippen LogP contribution in [0.1, 0.15) is 1.37 Å². The number of benzene rings is 1. The average molecular weight is 178 g/mol. The molecule has 1 fully saturated rings. The second kappa shape index (κ2) is 3.58. The van der Waals surface area contributed by atoms with Crippen LogP contribution < -0.4 is 4.90 Å². The molecule has 1 atom stereocenters. The zero-order valence-corrected chi connectivity index (χ0v) is 7.14. The van der Waals surface area contributed by atoms with Crippen LogP contribution in [0.15, 0.2) is 30.3 Å². The van der Waals surface area contributed by atoms with Gasteiger partial charge in [-0.1, -0.05) is 18.2 Å². The Hall–Kier alpha value is -1.35. The van der Waals surface area contributed by atoms with Gasteiger partial charge in [0.25, 0.3) is 5.91 Å². The highest BCUT2D eigenvalue weighted by Gasteiger charge is 2.19. The van der Waals surface area contributed by atoms with Crippen LogP contribution in [0.25, 0.3) is 0 Å². The Morgan fingerprint density at radius 2 is 2.15 bits per heavy atom. The van der Waals surface area contributed by atoms with Crippen LogP contribution >= 0.6 is 0 Å². The maximum atomic E-state index is 11.5. The Balaban J connectivity index is 2.22. The van der Waals surface area contributed by atoms with E-state index < -0.39 is 6.58 Å². The normalized spacial score (nSPS) is 24.3. The van der Waals surface area contributed by atoms with E-state index >= 15 is 0 Å². The summed E-state index contributed by atoms with van der Waals surface area (Å²) in [6.07, 6.45) is 0. The summed E-state index contributed by atoms with van der Waals surface area (Å²) < 4.78 is 12.3. The topological polar surface area (TPSA) is 29.5 Å². The molecule has 1 aromatic carbocycles. The predicted octanol–water partition coefficient (Wildman–Crippen LogP) is 1.05.